The van der Waals surface area contributed by atoms with Crippen LogP contribution in [0, 0.1) is 0 Å². The molecule has 1 aromatic carbocycles. The monoisotopic (exact) mass is 324 g/mol. The Morgan fingerprint density at radius 3 is 2.95 bits per heavy atom. The first-order valence-corrected chi connectivity index (χ1v) is 8.60. The molecule has 22 heavy (non-hydrogen) atoms. The molecular weight excluding hydrogens is 304 g/mol. The molecule has 1 amide bonds. The molecule has 0 bridgehead atoms. The van der Waals surface area contributed by atoms with Crippen molar-refractivity contribution in [3.8, 4) is 0 Å². The molecule has 1 atom stereocenters. The maximum absolute atomic E-state index is 12.2. The molecule has 0 saturated carbocycles. The van der Waals surface area contributed by atoms with Crippen LogP contribution < -0.4 is 10.0 Å². The Morgan fingerprint density at radius 2 is 2.27 bits per heavy atom. The summed E-state index contributed by atoms with van der Waals surface area (Å²) >= 11 is 0. The summed E-state index contributed by atoms with van der Waals surface area (Å²) < 4.78 is 31.8. The molecular formula is C15H20N2O4S. The molecule has 0 spiro atoms. The molecule has 1 aliphatic heterocycles. The third-order valence-electron chi connectivity index (χ3n) is 3.32. The number of rotatable bonds is 6. The number of carbonyl (C=O) groups is 1. The van der Waals surface area contributed by atoms with Gasteiger partial charge in [-0.05, 0) is 31.0 Å². The molecule has 0 radical (unpaired) electrons. The van der Waals surface area contributed by atoms with Gasteiger partial charge >= 0.3 is 0 Å². The van der Waals surface area contributed by atoms with E-state index in [2.05, 4.69) is 16.6 Å². The smallest absolute Gasteiger partial charge is 0.251 e. The van der Waals surface area contributed by atoms with Crippen LogP contribution in [0.5, 0.6) is 0 Å². The second-order valence-corrected chi connectivity index (χ2v) is 6.82. The van der Waals surface area contributed by atoms with Crippen LogP contribution in [-0.2, 0) is 14.8 Å². The van der Waals surface area contributed by atoms with Crippen molar-refractivity contribution in [2.24, 2.45) is 0 Å². The molecule has 0 aliphatic carbocycles. The Labute approximate surface area is 130 Å². The number of sulfonamides is 1. The summed E-state index contributed by atoms with van der Waals surface area (Å²) in [5.74, 6) is -0.295. The second-order valence-electron chi connectivity index (χ2n) is 5.06. The lowest BCUT2D eigenvalue weighted by Crippen LogP contribution is -2.40. The highest BCUT2D eigenvalue weighted by molar-refractivity contribution is 7.89. The topological polar surface area (TPSA) is 84.5 Å². The molecule has 1 fully saturated rings. The number of hydrogen-bond acceptors (Lipinski definition) is 4. The zero-order chi connectivity index (χ0) is 16.0. The van der Waals surface area contributed by atoms with Crippen molar-refractivity contribution in [3.63, 3.8) is 0 Å². The first kappa shape index (κ1) is 16.7. The summed E-state index contributed by atoms with van der Waals surface area (Å²) in [7, 11) is -3.64. The van der Waals surface area contributed by atoms with E-state index in [4.69, 9.17) is 4.74 Å². The standard InChI is InChI=1S/C15H20N2O4S/c1-2-8-16-22(19,20)14-7-3-5-12(10-14)15(18)17-13-6-4-9-21-11-13/h2-3,5,7,10,13,16H,1,4,6,8-9,11H2,(H,17,18)/t13-/m0/s1. The van der Waals surface area contributed by atoms with Crippen LogP contribution in [0.15, 0.2) is 41.8 Å². The Morgan fingerprint density at radius 1 is 1.45 bits per heavy atom. The van der Waals surface area contributed by atoms with Gasteiger partial charge in [-0.25, -0.2) is 13.1 Å². The Balaban J connectivity index is 2.10. The zero-order valence-corrected chi connectivity index (χ0v) is 13.1. The Hall–Kier alpha value is -1.70. The minimum atomic E-state index is -3.64. The number of amides is 1. The third kappa shape index (κ3) is 4.40. The molecule has 6 nitrogen and oxygen atoms in total. The summed E-state index contributed by atoms with van der Waals surface area (Å²) in [5, 5.41) is 2.86. The van der Waals surface area contributed by atoms with Crippen molar-refractivity contribution >= 4 is 15.9 Å². The number of hydrogen-bond donors (Lipinski definition) is 2. The van der Waals surface area contributed by atoms with E-state index >= 15 is 0 Å². The van der Waals surface area contributed by atoms with Gasteiger partial charge in [0.05, 0.1) is 17.5 Å². The van der Waals surface area contributed by atoms with Crippen LogP contribution in [0.2, 0.25) is 0 Å². The highest BCUT2D eigenvalue weighted by Gasteiger charge is 2.19. The Kier molecular flexibility index (Phi) is 5.70. The lowest BCUT2D eigenvalue weighted by molar-refractivity contribution is 0.0624. The van der Waals surface area contributed by atoms with Gasteiger partial charge < -0.3 is 10.1 Å². The van der Waals surface area contributed by atoms with Gasteiger partial charge in [-0.3, -0.25) is 4.79 Å². The van der Waals surface area contributed by atoms with Gasteiger partial charge in [0.1, 0.15) is 0 Å². The predicted octanol–water partition coefficient (Wildman–Crippen LogP) is 1.06. The minimum Gasteiger partial charge on any atom is -0.379 e. The zero-order valence-electron chi connectivity index (χ0n) is 12.2. The van der Waals surface area contributed by atoms with Crippen LogP contribution in [0.3, 0.4) is 0 Å². The summed E-state index contributed by atoms with van der Waals surface area (Å²) in [6, 6.07) is 5.93. The highest BCUT2D eigenvalue weighted by Crippen LogP contribution is 2.13. The molecule has 2 rings (SSSR count). The highest BCUT2D eigenvalue weighted by atomic mass is 32.2. The van der Waals surface area contributed by atoms with E-state index < -0.39 is 10.0 Å². The average Bonchev–Trinajstić information content (AvgIpc) is 2.54. The van der Waals surface area contributed by atoms with Crippen molar-refractivity contribution in [2.45, 2.75) is 23.8 Å². The van der Waals surface area contributed by atoms with Gasteiger partial charge in [0.25, 0.3) is 5.91 Å². The number of carbonyl (C=O) groups excluding carboxylic acids is 1. The first-order valence-electron chi connectivity index (χ1n) is 7.12. The summed E-state index contributed by atoms with van der Waals surface area (Å²) in [5.41, 5.74) is 0.312. The van der Waals surface area contributed by atoms with Crippen molar-refractivity contribution < 1.29 is 17.9 Å². The van der Waals surface area contributed by atoms with Gasteiger partial charge in [0, 0.05) is 18.7 Å². The molecule has 1 aromatic rings. The van der Waals surface area contributed by atoms with Gasteiger partial charge in [0.15, 0.2) is 0 Å². The van der Waals surface area contributed by atoms with Crippen molar-refractivity contribution in [1.29, 1.82) is 0 Å². The maximum atomic E-state index is 12.2. The minimum absolute atomic E-state index is 0.0274. The van der Waals surface area contributed by atoms with Crippen molar-refractivity contribution in [1.82, 2.24) is 10.0 Å². The quantitative estimate of drug-likeness (QED) is 0.766. The van der Waals surface area contributed by atoms with Gasteiger partial charge in [0.2, 0.25) is 10.0 Å². The van der Waals surface area contributed by atoms with Crippen molar-refractivity contribution in [2.75, 3.05) is 19.8 Å². The lowest BCUT2D eigenvalue weighted by atomic mass is 10.1. The van der Waals surface area contributed by atoms with Crippen LogP contribution in [0.4, 0.5) is 0 Å². The SMILES string of the molecule is C=CCNS(=O)(=O)c1cccc(C(=O)N[C@H]2CCCOC2)c1. The van der Waals surface area contributed by atoms with Gasteiger partial charge in [-0.15, -0.1) is 6.58 Å². The van der Waals surface area contributed by atoms with Crippen LogP contribution >= 0.6 is 0 Å². The summed E-state index contributed by atoms with van der Waals surface area (Å²) in [6.07, 6.45) is 3.23. The average molecular weight is 324 g/mol. The predicted molar refractivity (Wildman–Crippen MR) is 83.1 cm³/mol. The van der Waals surface area contributed by atoms with Crippen LogP contribution in [0.25, 0.3) is 0 Å². The molecule has 1 saturated heterocycles. The van der Waals surface area contributed by atoms with Crippen LogP contribution in [-0.4, -0.2) is 40.1 Å². The van der Waals surface area contributed by atoms with Gasteiger partial charge in [-0.1, -0.05) is 12.1 Å². The number of benzene rings is 1. The molecule has 1 heterocycles. The fraction of sp³-hybridized carbons (Fsp3) is 0.400. The third-order valence-corrected chi connectivity index (χ3v) is 4.74. The molecule has 1 aliphatic rings. The van der Waals surface area contributed by atoms with E-state index in [0.717, 1.165) is 19.4 Å². The fourth-order valence-electron chi connectivity index (χ4n) is 2.18. The molecule has 0 aromatic heterocycles. The van der Waals surface area contributed by atoms with E-state index in [0.29, 0.717) is 12.2 Å². The first-order chi connectivity index (χ1) is 10.5. The van der Waals surface area contributed by atoms with Crippen molar-refractivity contribution in [3.05, 3.63) is 42.5 Å². The Bertz CT molecular complexity index is 637. The summed E-state index contributed by atoms with van der Waals surface area (Å²) in [4.78, 5) is 12.3. The molecule has 120 valence electrons. The van der Waals surface area contributed by atoms with E-state index in [-0.39, 0.29) is 23.4 Å². The maximum Gasteiger partial charge on any atom is 0.251 e. The van der Waals surface area contributed by atoms with E-state index in [1.165, 1.54) is 18.2 Å². The number of nitrogens with one attached hydrogen (secondary N) is 2. The van der Waals surface area contributed by atoms with E-state index in [9.17, 15) is 13.2 Å². The van der Waals surface area contributed by atoms with E-state index in [1.54, 1.807) is 12.1 Å². The van der Waals surface area contributed by atoms with E-state index in [1.807, 2.05) is 0 Å². The van der Waals surface area contributed by atoms with Crippen LogP contribution in [0.1, 0.15) is 23.2 Å². The fourth-order valence-corrected chi connectivity index (χ4v) is 3.22. The molecule has 0 unspecified atom stereocenters. The number of ether oxygens (including phenoxy) is 1. The molecule has 7 heteroatoms. The normalized spacial score (nSPS) is 18.6. The lowest BCUT2D eigenvalue weighted by Gasteiger charge is -2.23. The summed E-state index contributed by atoms with van der Waals surface area (Å²) in [6.45, 7) is 4.81. The second kappa shape index (κ2) is 7.53. The molecule has 2 N–H and O–H groups in total. The van der Waals surface area contributed by atoms with Gasteiger partial charge in [-0.2, -0.15) is 0 Å². The largest absolute Gasteiger partial charge is 0.379 e.